The first-order chi connectivity index (χ1) is 8.78. The number of para-hydroxylation sites is 1. The standard InChI is InChI=1S/C14H13N3O/c15-10-11-5-4-8-13(9-11)17-14(18)16-12-6-2-1-3-7-12/h1-10,15H,(H2,16,17,18). The first-order valence-electron chi connectivity index (χ1n) is 5.51. The molecule has 0 atom stereocenters. The highest BCUT2D eigenvalue weighted by atomic mass is 16.2. The maximum atomic E-state index is 11.7. The molecule has 0 heterocycles. The number of carbonyl (C=O) groups excluding carboxylic acids is 1. The zero-order valence-corrected chi connectivity index (χ0v) is 9.68. The Hall–Kier alpha value is -2.62. The fourth-order valence-corrected chi connectivity index (χ4v) is 1.52. The van der Waals surface area contributed by atoms with Gasteiger partial charge in [0.15, 0.2) is 0 Å². The van der Waals surface area contributed by atoms with Gasteiger partial charge in [-0.1, -0.05) is 30.3 Å². The highest BCUT2D eigenvalue weighted by Gasteiger charge is 2.02. The van der Waals surface area contributed by atoms with E-state index in [-0.39, 0.29) is 6.03 Å². The molecule has 0 radical (unpaired) electrons. The summed E-state index contributed by atoms with van der Waals surface area (Å²) < 4.78 is 0. The Morgan fingerprint density at radius 2 is 1.61 bits per heavy atom. The van der Waals surface area contributed by atoms with Crippen LogP contribution in [0.3, 0.4) is 0 Å². The monoisotopic (exact) mass is 239 g/mol. The van der Waals surface area contributed by atoms with E-state index in [1.807, 2.05) is 30.3 Å². The van der Waals surface area contributed by atoms with E-state index in [9.17, 15) is 4.79 Å². The second-order valence-corrected chi connectivity index (χ2v) is 3.71. The maximum Gasteiger partial charge on any atom is 0.323 e. The number of urea groups is 1. The van der Waals surface area contributed by atoms with E-state index in [1.54, 1.807) is 24.3 Å². The van der Waals surface area contributed by atoms with E-state index in [0.29, 0.717) is 5.69 Å². The van der Waals surface area contributed by atoms with Gasteiger partial charge in [0, 0.05) is 17.6 Å². The van der Waals surface area contributed by atoms with Crippen molar-refractivity contribution in [1.29, 1.82) is 5.41 Å². The zero-order chi connectivity index (χ0) is 12.8. The van der Waals surface area contributed by atoms with Crippen LogP contribution in [0.4, 0.5) is 16.2 Å². The molecule has 0 aliphatic heterocycles. The van der Waals surface area contributed by atoms with Gasteiger partial charge in [-0.15, -0.1) is 0 Å². The second kappa shape index (κ2) is 5.63. The van der Waals surface area contributed by atoms with E-state index < -0.39 is 0 Å². The summed E-state index contributed by atoms with van der Waals surface area (Å²) in [6.45, 7) is 0. The highest BCUT2D eigenvalue weighted by molar-refractivity contribution is 6.00. The number of carbonyl (C=O) groups is 1. The Balaban J connectivity index is 2.01. The Kier molecular flexibility index (Phi) is 3.71. The van der Waals surface area contributed by atoms with Crippen molar-refractivity contribution in [2.45, 2.75) is 0 Å². The van der Waals surface area contributed by atoms with Gasteiger partial charge in [0.05, 0.1) is 0 Å². The molecule has 0 aromatic heterocycles. The molecule has 0 fully saturated rings. The van der Waals surface area contributed by atoms with Gasteiger partial charge in [0.1, 0.15) is 0 Å². The molecular formula is C14H13N3O. The molecule has 2 aromatic carbocycles. The summed E-state index contributed by atoms with van der Waals surface area (Å²) in [5.41, 5.74) is 2.13. The lowest BCUT2D eigenvalue weighted by atomic mass is 10.2. The van der Waals surface area contributed by atoms with Gasteiger partial charge in [-0.25, -0.2) is 4.79 Å². The second-order valence-electron chi connectivity index (χ2n) is 3.71. The highest BCUT2D eigenvalue weighted by Crippen LogP contribution is 2.10. The van der Waals surface area contributed by atoms with E-state index in [1.165, 1.54) is 6.21 Å². The SMILES string of the molecule is N=Cc1cccc(NC(=O)Nc2ccccc2)c1. The molecule has 0 spiro atoms. The van der Waals surface area contributed by atoms with E-state index >= 15 is 0 Å². The van der Waals surface area contributed by atoms with E-state index in [4.69, 9.17) is 5.41 Å². The largest absolute Gasteiger partial charge is 0.323 e. The summed E-state index contributed by atoms with van der Waals surface area (Å²) in [6, 6.07) is 16.0. The van der Waals surface area contributed by atoms with Crippen molar-refractivity contribution >= 4 is 23.6 Å². The van der Waals surface area contributed by atoms with Crippen LogP contribution in [0.15, 0.2) is 54.6 Å². The minimum Gasteiger partial charge on any atom is -0.308 e. The van der Waals surface area contributed by atoms with Crippen molar-refractivity contribution in [3.05, 3.63) is 60.2 Å². The van der Waals surface area contributed by atoms with Gasteiger partial charge >= 0.3 is 6.03 Å². The third-order valence-corrected chi connectivity index (χ3v) is 2.34. The molecule has 0 saturated heterocycles. The summed E-state index contributed by atoms with van der Waals surface area (Å²) in [5, 5.41) is 12.6. The van der Waals surface area contributed by atoms with Gasteiger partial charge in [-0.05, 0) is 29.8 Å². The van der Waals surface area contributed by atoms with Crippen molar-refractivity contribution < 1.29 is 4.79 Å². The summed E-state index contributed by atoms with van der Waals surface area (Å²) in [7, 11) is 0. The van der Waals surface area contributed by atoms with Crippen molar-refractivity contribution in [2.75, 3.05) is 10.6 Å². The van der Waals surface area contributed by atoms with Crippen LogP contribution in [0.25, 0.3) is 0 Å². The normalized spacial score (nSPS) is 9.56. The van der Waals surface area contributed by atoms with Crippen LogP contribution < -0.4 is 10.6 Å². The molecule has 0 unspecified atom stereocenters. The number of hydrogen-bond donors (Lipinski definition) is 3. The smallest absolute Gasteiger partial charge is 0.308 e. The van der Waals surface area contributed by atoms with Crippen LogP contribution in [-0.4, -0.2) is 12.2 Å². The van der Waals surface area contributed by atoms with Gasteiger partial charge in [0.25, 0.3) is 0 Å². The van der Waals surface area contributed by atoms with Gasteiger partial charge in [-0.2, -0.15) is 0 Å². The van der Waals surface area contributed by atoms with Crippen LogP contribution in [0.2, 0.25) is 0 Å². The molecule has 4 nitrogen and oxygen atoms in total. The van der Waals surface area contributed by atoms with Gasteiger partial charge in [-0.3, -0.25) is 0 Å². The summed E-state index contributed by atoms with van der Waals surface area (Å²) in [4.78, 5) is 11.7. The van der Waals surface area contributed by atoms with Crippen molar-refractivity contribution in [1.82, 2.24) is 0 Å². The average molecular weight is 239 g/mol. The minimum atomic E-state index is -0.302. The molecule has 0 aliphatic carbocycles. The first kappa shape index (κ1) is 11.9. The number of benzene rings is 2. The van der Waals surface area contributed by atoms with Crippen LogP contribution >= 0.6 is 0 Å². The van der Waals surface area contributed by atoms with Crippen LogP contribution in [0, 0.1) is 5.41 Å². The maximum absolute atomic E-state index is 11.7. The Labute approximate surface area is 105 Å². The zero-order valence-electron chi connectivity index (χ0n) is 9.68. The molecule has 2 amide bonds. The fraction of sp³-hybridized carbons (Fsp3) is 0. The Morgan fingerprint density at radius 3 is 2.33 bits per heavy atom. The van der Waals surface area contributed by atoms with Gasteiger partial charge in [0.2, 0.25) is 0 Å². The molecule has 4 heteroatoms. The lowest BCUT2D eigenvalue weighted by molar-refractivity contribution is 0.262. The third kappa shape index (κ3) is 3.18. The predicted molar refractivity (Wildman–Crippen MR) is 73.4 cm³/mol. The first-order valence-corrected chi connectivity index (χ1v) is 5.51. The third-order valence-electron chi connectivity index (χ3n) is 2.34. The number of nitrogens with one attached hydrogen (secondary N) is 3. The molecule has 90 valence electrons. The molecule has 2 aromatic rings. The average Bonchev–Trinajstić information content (AvgIpc) is 2.40. The number of amides is 2. The molecule has 2 rings (SSSR count). The number of anilines is 2. The fourth-order valence-electron chi connectivity index (χ4n) is 1.52. The lowest BCUT2D eigenvalue weighted by Crippen LogP contribution is -2.19. The molecule has 0 bridgehead atoms. The van der Waals surface area contributed by atoms with Crippen LogP contribution in [0.5, 0.6) is 0 Å². The van der Waals surface area contributed by atoms with E-state index in [2.05, 4.69) is 10.6 Å². The minimum absolute atomic E-state index is 0.302. The molecule has 0 aliphatic rings. The number of hydrogen-bond acceptors (Lipinski definition) is 2. The van der Waals surface area contributed by atoms with Crippen molar-refractivity contribution in [3.8, 4) is 0 Å². The summed E-state index contributed by atoms with van der Waals surface area (Å²) >= 11 is 0. The molecular weight excluding hydrogens is 226 g/mol. The molecule has 3 N–H and O–H groups in total. The Bertz CT molecular complexity index is 552. The summed E-state index contributed by atoms with van der Waals surface area (Å²) in [5.74, 6) is 0. The summed E-state index contributed by atoms with van der Waals surface area (Å²) in [6.07, 6.45) is 1.24. The molecule has 18 heavy (non-hydrogen) atoms. The molecule has 0 saturated carbocycles. The predicted octanol–water partition coefficient (Wildman–Crippen LogP) is 3.33. The number of rotatable bonds is 3. The van der Waals surface area contributed by atoms with Crippen molar-refractivity contribution in [3.63, 3.8) is 0 Å². The van der Waals surface area contributed by atoms with E-state index in [0.717, 1.165) is 11.3 Å². The van der Waals surface area contributed by atoms with Crippen molar-refractivity contribution in [2.24, 2.45) is 0 Å². The lowest BCUT2D eigenvalue weighted by Gasteiger charge is -2.07. The Morgan fingerprint density at radius 1 is 0.944 bits per heavy atom. The quantitative estimate of drug-likeness (QED) is 0.707. The van der Waals surface area contributed by atoms with Gasteiger partial charge < -0.3 is 16.0 Å². The van der Waals surface area contributed by atoms with Crippen LogP contribution in [0.1, 0.15) is 5.56 Å². The van der Waals surface area contributed by atoms with Crippen LogP contribution in [-0.2, 0) is 0 Å². The topological polar surface area (TPSA) is 65.0 Å².